The molecule has 1 N–H and O–H groups in total. The maximum absolute atomic E-state index is 5.48. The second-order valence-corrected chi connectivity index (χ2v) is 4.03. The van der Waals surface area contributed by atoms with Crippen LogP contribution in [0.5, 0.6) is 0 Å². The fourth-order valence-electron chi connectivity index (χ4n) is 1.92. The minimum atomic E-state index is 0.382. The van der Waals surface area contributed by atoms with Gasteiger partial charge in [0.25, 0.3) is 0 Å². The molecular weight excluding hydrogens is 164 g/mol. The molecule has 1 saturated heterocycles. The first-order valence-corrected chi connectivity index (χ1v) is 5.12. The molecule has 2 heterocycles. The van der Waals surface area contributed by atoms with Gasteiger partial charge < -0.3 is 9.73 Å². The highest BCUT2D eigenvalue weighted by Gasteiger charge is 2.29. The van der Waals surface area contributed by atoms with Crippen LogP contribution in [0, 0.1) is 0 Å². The van der Waals surface area contributed by atoms with Gasteiger partial charge in [0.05, 0.1) is 11.7 Å². The summed E-state index contributed by atoms with van der Waals surface area (Å²) in [7, 11) is 0. The number of aromatic nitrogens is 1. The quantitative estimate of drug-likeness (QED) is 0.752. The Bertz CT molecular complexity index is 298. The third kappa shape index (κ3) is 1.37. The molecule has 2 aliphatic rings. The lowest BCUT2D eigenvalue weighted by molar-refractivity contribution is 0.429. The van der Waals surface area contributed by atoms with Crippen LogP contribution in [0.1, 0.15) is 49.2 Å². The smallest absolute Gasteiger partial charge is 0.211 e. The van der Waals surface area contributed by atoms with Crippen LogP contribution in [-0.2, 0) is 0 Å². The van der Waals surface area contributed by atoms with Crippen molar-refractivity contribution in [2.45, 2.75) is 37.6 Å². The van der Waals surface area contributed by atoms with Crippen molar-refractivity contribution in [1.82, 2.24) is 10.3 Å². The fraction of sp³-hybridized carbons (Fsp3) is 0.700. The number of oxazole rings is 1. The molecule has 1 aliphatic carbocycles. The highest BCUT2D eigenvalue weighted by atomic mass is 16.3. The van der Waals surface area contributed by atoms with E-state index in [9.17, 15) is 0 Å². The van der Waals surface area contributed by atoms with E-state index in [-0.39, 0.29) is 0 Å². The Labute approximate surface area is 77.5 Å². The van der Waals surface area contributed by atoms with Crippen molar-refractivity contribution in [2.24, 2.45) is 0 Å². The van der Waals surface area contributed by atoms with Crippen molar-refractivity contribution in [1.29, 1.82) is 0 Å². The normalized spacial score (nSPS) is 28.2. The molecule has 0 amide bonds. The molecule has 0 radical (unpaired) electrons. The molecule has 1 aromatic rings. The second-order valence-electron chi connectivity index (χ2n) is 4.03. The van der Waals surface area contributed by atoms with Gasteiger partial charge in [0.15, 0.2) is 0 Å². The summed E-state index contributed by atoms with van der Waals surface area (Å²) in [4.78, 5) is 4.53. The van der Waals surface area contributed by atoms with E-state index in [2.05, 4.69) is 10.3 Å². The van der Waals surface area contributed by atoms with Crippen LogP contribution in [-0.4, -0.2) is 11.5 Å². The largest absolute Gasteiger partial charge is 0.447 e. The van der Waals surface area contributed by atoms with Crippen molar-refractivity contribution in [3.05, 3.63) is 17.8 Å². The summed E-state index contributed by atoms with van der Waals surface area (Å²) in [5, 5.41) is 3.39. The molecule has 3 heteroatoms. The summed E-state index contributed by atoms with van der Waals surface area (Å²) in [6.45, 7) is 1.10. The summed E-state index contributed by atoms with van der Waals surface area (Å²) in [5.41, 5.74) is 1.17. The van der Waals surface area contributed by atoms with Gasteiger partial charge in [-0.2, -0.15) is 0 Å². The Kier molecular flexibility index (Phi) is 1.65. The Hall–Kier alpha value is -0.830. The first-order chi connectivity index (χ1) is 6.43. The van der Waals surface area contributed by atoms with Crippen LogP contribution in [0.2, 0.25) is 0 Å². The Morgan fingerprint density at radius 1 is 1.38 bits per heavy atom. The van der Waals surface area contributed by atoms with Crippen molar-refractivity contribution in [3.8, 4) is 0 Å². The molecule has 1 unspecified atom stereocenters. The molecule has 2 fully saturated rings. The lowest BCUT2D eigenvalue weighted by Crippen LogP contribution is -2.13. The lowest BCUT2D eigenvalue weighted by Gasteiger charge is -2.02. The monoisotopic (exact) mass is 178 g/mol. The fourth-order valence-corrected chi connectivity index (χ4v) is 1.92. The zero-order chi connectivity index (χ0) is 8.67. The number of hydrogen-bond acceptors (Lipinski definition) is 3. The average molecular weight is 178 g/mol. The van der Waals surface area contributed by atoms with Crippen molar-refractivity contribution >= 4 is 0 Å². The molecule has 0 aromatic carbocycles. The van der Waals surface area contributed by atoms with E-state index >= 15 is 0 Å². The van der Waals surface area contributed by atoms with Gasteiger partial charge in [-0.05, 0) is 32.2 Å². The van der Waals surface area contributed by atoms with Gasteiger partial charge in [0.2, 0.25) is 5.89 Å². The number of nitrogens with zero attached hydrogens (tertiary/aromatic N) is 1. The van der Waals surface area contributed by atoms with Crippen LogP contribution < -0.4 is 5.32 Å². The van der Waals surface area contributed by atoms with E-state index in [1.54, 1.807) is 0 Å². The van der Waals surface area contributed by atoms with Gasteiger partial charge >= 0.3 is 0 Å². The first-order valence-electron chi connectivity index (χ1n) is 5.12. The molecule has 1 saturated carbocycles. The van der Waals surface area contributed by atoms with Gasteiger partial charge in [-0.15, -0.1) is 0 Å². The summed E-state index contributed by atoms with van der Waals surface area (Å²) < 4.78 is 5.48. The minimum absolute atomic E-state index is 0.382. The van der Waals surface area contributed by atoms with Crippen LogP contribution >= 0.6 is 0 Å². The summed E-state index contributed by atoms with van der Waals surface area (Å²) in [5.74, 6) is 1.61. The predicted molar refractivity (Wildman–Crippen MR) is 48.5 cm³/mol. The molecule has 13 heavy (non-hydrogen) atoms. The topological polar surface area (TPSA) is 38.1 Å². The second kappa shape index (κ2) is 2.84. The van der Waals surface area contributed by atoms with E-state index in [0.717, 1.165) is 12.4 Å². The predicted octanol–water partition coefficient (Wildman–Crippen LogP) is 1.98. The highest BCUT2D eigenvalue weighted by Crippen LogP contribution is 2.40. The van der Waals surface area contributed by atoms with Gasteiger partial charge in [0, 0.05) is 5.92 Å². The van der Waals surface area contributed by atoms with Crippen molar-refractivity contribution in [3.63, 3.8) is 0 Å². The molecule has 0 bridgehead atoms. The minimum Gasteiger partial charge on any atom is -0.447 e. The average Bonchev–Trinajstić information content (AvgIpc) is 2.72. The van der Waals surface area contributed by atoms with Crippen molar-refractivity contribution < 1.29 is 4.42 Å². The van der Waals surface area contributed by atoms with Crippen LogP contribution in [0.4, 0.5) is 0 Å². The summed E-state index contributed by atoms with van der Waals surface area (Å²) in [6, 6.07) is 0.382. The first kappa shape index (κ1) is 7.56. The lowest BCUT2D eigenvalue weighted by atomic mass is 10.2. The third-order valence-electron chi connectivity index (χ3n) is 2.89. The standard InChI is InChI=1S/C10H14N2O/c1-2-8(11-5-1)10-12-9(6-13-10)7-3-4-7/h6-8,11H,1-5H2. The Morgan fingerprint density at radius 2 is 2.31 bits per heavy atom. The molecule has 1 aromatic heterocycles. The number of hydrogen-bond donors (Lipinski definition) is 1. The van der Waals surface area contributed by atoms with E-state index in [0.29, 0.717) is 12.0 Å². The molecular formula is C10H14N2O. The molecule has 3 rings (SSSR count). The molecule has 3 nitrogen and oxygen atoms in total. The van der Waals surface area contributed by atoms with Crippen molar-refractivity contribution in [2.75, 3.05) is 6.54 Å². The summed E-state index contributed by atoms with van der Waals surface area (Å²) >= 11 is 0. The summed E-state index contributed by atoms with van der Waals surface area (Å²) in [6.07, 6.45) is 6.84. The molecule has 1 atom stereocenters. The van der Waals surface area contributed by atoms with E-state index in [1.807, 2.05) is 6.26 Å². The molecule has 1 aliphatic heterocycles. The van der Waals surface area contributed by atoms with Crippen LogP contribution in [0.25, 0.3) is 0 Å². The Balaban J connectivity index is 1.79. The van der Waals surface area contributed by atoms with Gasteiger partial charge in [-0.3, -0.25) is 0 Å². The molecule has 70 valence electrons. The van der Waals surface area contributed by atoms with Gasteiger partial charge in [0.1, 0.15) is 6.26 Å². The van der Waals surface area contributed by atoms with Gasteiger partial charge in [-0.1, -0.05) is 0 Å². The number of nitrogens with one attached hydrogen (secondary N) is 1. The van der Waals surface area contributed by atoms with E-state index in [4.69, 9.17) is 4.42 Å². The zero-order valence-electron chi connectivity index (χ0n) is 7.62. The van der Waals surface area contributed by atoms with Crippen LogP contribution in [0.3, 0.4) is 0 Å². The van der Waals surface area contributed by atoms with Gasteiger partial charge in [-0.25, -0.2) is 4.98 Å². The SMILES string of the molecule is c1oc(C2CCCN2)nc1C1CC1. The molecule has 0 spiro atoms. The third-order valence-corrected chi connectivity index (χ3v) is 2.89. The van der Waals surface area contributed by atoms with E-state index in [1.165, 1.54) is 31.4 Å². The highest BCUT2D eigenvalue weighted by molar-refractivity contribution is 5.12. The zero-order valence-corrected chi connectivity index (χ0v) is 7.62. The maximum Gasteiger partial charge on any atom is 0.211 e. The Morgan fingerprint density at radius 3 is 3.00 bits per heavy atom. The van der Waals surface area contributed by atoms with E-state index < -0.39 is 0 Å². The number of rotatable bonds is 2. The van der Waals surface area contributed by atoms with Crippen LogP contribution in [0.15, 0.2) is 10.7 Å². The maximum atomic E-state index is 5.48.